The summed E-state index contributed by atoms with van der Waals surface area (Å²) >= 11 is 0. The fourth-order valence-corrected chi connectivity index (χ4v) is 2.72. The van der Waals surface area contributed by atoms with Gasteiger partial charge in [-0.15, -0.1) is 12.3 Å². The van der Waals surface area contributed by atoms with E-state index in [0.717, 1.165) is 25.4 Å². The topological polar surface area (TPSA) is 15.3 Å². The molecule has 0 aliphatic carbocycles. The fourth-order valence-electron chi connectivity index (χ4n) is 2.72. The van der Waals surface area contributed by atoms with Gasteiger partial charge in [-0.1, -0.05) is 27.2 Å². The zero-order valence-electron chi connectivity index (χ0n) is 11.9. The number of terminal acetylenes is 1. The molecule has 0 radical (unpaired) electrons. The minimum atomic E-state index is 0.513. The molecular formula is C15H28N2. The number of nitrogens with zero attached hydrogens (tertiary/aromatic N) is 1. The molecule has 0 aromatic rings. The highest BCUT2D eigenvalue weighted by Crippen LogP contribution is 2.20. The molecule has 0 spiro atoms. The molecule has 1 aliphatic heterocycles. The number of hydrogen-bond donors (Lipinski definition) is 1. The third kappa shape index (κ3) is 3.72. The van der Waals surface area contributed by atoms with Gasteiger partial charge in [-0.25, -0.2) is 0 Å². The number of nitrogens with one attached hydrogen (secondary N) is 1. The van der Waals surface area contributed by atoms with Crippen LogP contribution in [0.4, 0.5) is 0 Å². The highest BCUT2D eigenvalue weighted by Gasteiger charge is 2.31. The van der Waals surface area contributed by atoms with Gasteiger partial charge in [0.05, 0.1) is 0 Å². The monoisotopic (exact) mass is 236 g/mol. The Labute approximate surface area is 107 Å². The molecule has 1 fully saturated rings. The minimum Gasteiger partial charge on any atom is -0.311 e. The first-order chi connectivity index (χ1) is 8.13. The third-order valence-electron chi connectivity index (χ3n) is 4.27. The highest BCUT2D eigenvalue weighted by molar-refractivity contribution is 4.95. The van der Waals surface area contributed by atoms with Crippen molar-refractivity contribution in [2.24, 2.45) is 5.92 Å². The number of rotatable bonds is 5. The highest BCUT2D eigenvalue weighted by atomic mass is 15.3. The largest absolute Gasteiger partial charge is 0.311 e. The predicted molar refractivity (Wildman–Crippen MR) is 74.9 cm³/mol. The van der Waals surface area contributed by atoms with Crippen LogP contribution in [-0.2, 0) is 0 Å². The normalized spacial score (nSPS) is 29.6. The summed E-state index contributed by atoms with van der Waals surface area (Å²) < 4.78 is 0. The second-order valence-corrected chi connectivity index (χ2v) is 5.42. The Morgan fingerprint density at radius 1 is 1.41 bits per heavy atom. The molecule has 1 aliphatic rings. The maximum atomic E-state index is 5.45. The van der Waals surface area contributed by atoms with Crippen molar-refractivity contribution in [3.8, 4) is 12.3 Å². The molecule has 1 heterocycles. The first-order valence-electron chi connectivity index (χ1n) is 7.06. The average Bonchev–Trinajstić information content (AvgIpc) is 2.37. The summed E-state index contributed by atoms with van der Waals surface area (Å²) in [6.45, 7) is 11.4. The zero-order valence-corrected chi connectivity index (χ0v) is 11.9. The van der Waals surface area contributed by atoms with Crippen LogP contribution in [0.2, 0.25) is 0 Å². The van der Waals surface area contributed by atoms with Crippen LogP contribution < -0.4 is 5.32 Å². The standard InChI is InChI=1S/C15H28N2/c1-6-9-13(5)17-11-15(12(4)7-2)16-10-14(17)8-3/h1,12-16H,7-11H2,2-5H3. The van der Waals surface area contributed by atoms with Crippen molar-refractivity contribution >= 4 is 0 Å². The lowest BCUT2D eigenvalue weighted by Crippen LogP contribution is -2.60. The third-order valence-corrected chi connectivity index (χ3v) is 4.27. The number of piperazine rings is 1. The van der Waals surface area contributed by atoms with E-state index in [0.29, 0.717) is 18.1 Å². The second kappa shape index (κ2) is 7.03. The van der Waals surface area contributed by atoms with E-state index in [1.165, 1.54) is 12.8 Å². The van der Waals surface area contributed by atoms with E-state index >= 15 is 0 Å². The smallest absolute Gasteiger partial charge is 0.0240 e. The summed E-state index contributed by atoms with van der Waals surface area (Å²) in [5.41, 5.74) is 0. The summed E-state index contributed by atoms with van der Waals surface area (Å²) in [4.78, 5) is 2.62. The van der Waals surface area contributed by atoms with E-state index in [2.05, 4.69) is 43.8 Å². The van der Waals surface area contributed by atoms with Gasteiger partial charge in [0.2, 0.25) is 0 Å². The van der Waals surface area contributed by atoms with Crippen LogP contribution in [0.3, 0.4) is 0 Å². The molecule has 0 amide bonds. The molecule has 0 saturated carbocycles. The summed E-state index contributed by atoms with van der Waals surface area (Å²) in [5, 5.41) is 3.70. The quantitative estimate of drug-likeness (QED) is 0.738. The van der Waals surface area contributed by atoms with Crippen molar-refractivity contribution in [2.75, 3.05) is 13.1 Å². The van der Waals surface area contributed by atoms with E-state index in [4.69, 9.17) is 6.42 Å². The SMILES string of the molecule is C#CCC(C)N1CC(C(C)CC)NCC1CC. The van der Waals surface area contributed by atoms with Gasteiger partial charge in [0.25, 0.3) is 0 Å². The average molecular weight is 236 g/mol. The molecule has 0 aromatic carbocycles. The molecular weight excluding hydrogens is 208 g/mol. The molecule has 1 rings (SSSR count). The van der Waals surface area contributed by atoms with E-state index in [1.54, 1.807) is 0 Å². The zero-order chi connectivity index (χ0) is 12.8. The van der Waals surface area contributed by atoms with E-state index in [9.17, 15) is 0 Å². The second-order valence-electron chi connectivity index (χ2n) is 5.42. The van der Waals surface area contributed by atoms with Crippen LogP contribution in [0.1, 0.15) is 47.0 Å². The molecule has 17 heavy (non-hydrogen) atoms. The summed E-state index contributed by atoms with van der Waals surface area (Å²) in [6, 6.07) is 1.79. The lowest BCUT2D eigenvalue weighted by atomic mass is 9.93. The van der Waals surface area contributed by atoms with Crippen molar-refractivity contribution in [3.05, 3.63) is 0 Å². The van der Waals surface area contributed by atoms with Gasteiger partial charge in [-0.3, -0.25) is 4.90 Å². The Hall–Kier alpha value is -0.520. The van der Waals surface area contributed by atoms with Crippen LogP contribution in [0.15, 0.2) is 0 Å². The molecule has 4 atom stereocenters. The van der Waals surface area contributed by atoms with Crippen LogP contribution in [0, 0.1) is 18.3 Å². The van der Waals surface area contributed by atoms with Crippen LogP contribution >= 0.6 is 0 Å². The van der Waals surface area contributed by atoms with Gasteiger partial charge in [-0.05, 0) is 19.3 Å². The Morgan fingerprint density at radius 2 is 2.12 bits per heavy atom. The Balaban J connectivity index is 2.65. The molecule has 1 saturated heterocycles. The molecule has 0 bridgehead atoms. The van der Waals surface area contributed by atoms with Crippen molar-refractivity contribution in [3.63, 3.8) is 0 Å². The maximum Gasteiger partial charge on any atom is 0.0240 e. The Bertz CT molecular complexity index is 256. The fraction of sp³-hybridized carbons (Fsp3) is 0.867. The summed E-state index contributed by atoms with van der Waals surface area (Å²) in [6.07, 6.45) is 8.76. The lowest BCUT2D eigenvalue weighted by Gasteiger charge is -2.44. The molecule has 0 aromatic heterocycles. The van der Waals surface area contributed by atoms with Gasteiger partial charge in [0.1, 0.15) is 0 Å². The van der Waals surface area contributed by atoms with Gasteiger partial charge < -0.3 is 5.32 Å². The van der Waals surface area contributed by atoms with Crippen molar-refractivity contribution in [1.82, 2.24) is 10.2 Å². The van der Waals surface area contributed by atoms with E-state index in [-0.39, 0.29) is 0 Å². The predicted octanol–water partition coefficient (Wildman–Crippen LogP) is 2.50. The Morgan fingerprint density at radius 3 is 2.65 bits per heavy atom. The molecule has 98 valence electrons. The first-order valence-corrected chi connectivity index (χ1v) is 7.06. The van der Waals surface area contributed by atoms with Crippen molar-refractivity contribution < 1.29 is 0 Å². The number of hydrogen-bond acceptors (Lipinski definition) is 2. The summed E-state index contributed by atoms with van der Waals surface area (Å²) in [5.74, 6) is 3.55. The van der Waals surface area contributed by atoms with E-state index in [1.807, 2.05) is 0 Å². The minimum absolute atomic E-state index is 0.513. The van der Waals surface area contributed by atoms with Gasteiger partial charge in [0, 0.05) is 37.6 Å². The molecule has 1 N–H and O–H groups in total. The molecule has 4 unspecified atom stereocenters. The van der Waals surface area contributed by atoms with Gasteiger partial charge >= 0.3 is 0 Å². The summed E-state index contributed by atoms with van der Waals surface area (Å²) in [7, 11) is 0. The van der Waals surface area contributed by atoms with Gasteiger partial charge in [-0.2, -0.15) is 0 Å². The van der Waals surface area contributed by atoms with Gasteiger partial charge in [0.15, 0.2) is 0 Å². The van der Waals surface area contributed by atoms with Crippen molar-refractivity contribution in [1.29, 1.82) is 0 Å². The first kappa shape index (κ1) is 14.5. The van der Waals surface area contributed by atoms with Crippen LogP contribution in [-0.4, -0.2) is 36.1 Å². The molecule has 2 nitrogen and oxygen atoms in total. The van der Waals surface area contributed by atoms with Crippen LogP contribution in [0.25, 0.3) is 0 Å². The lowest BCUT2D eigenvalue weighted by molar-refractivity contribution is 0.0727. The van der Waals surface area contributed by atoms with Crippen molar-refractivity contribution in [2.45, 2.75) is 65.1 Å². The molecule has 2 heteroatoms. The van der Waals surface area contributed by atoms with E-state index < -0.39 is 0 Å². The van der Waals surface area contributed by atoms with Crippen LogP contribution in [0.5, 0.6) is 0 Å². The Kier molecular flexibility index (Phi) is 6.02. The maximum absolute atomic E-state index is 5.45.